The number of anilines is 2. The number of benzene rings is 2. The first kappa shape index (κ1) is 20.7. The standard InChI is InChI=1S/C19H18FN3O4S2/c1-3-27-16-7-5-4-6-15(16)22-18(24)17-12(2)21-19(28-17)23-29(25,26)14-10-8-13(20)9-11-14/h4-11H,3H2,1-2H3,(H,21,23)(H,22,24). The van der Waals surface area contributed by atoms with Crippen molar-refractivity contribution in [3.63, 3.8) is 0 Å². The number of hydrogen-bond donors (Lipinski definition) is 2. The third-order valence-corrected chi connectivity index (χ3v) is 6.34. The minimum absolute atomic E-state index is 0.0371. The van der Waals surface area contributed by atoms with Crippen LogP contribution in [0, 0.1) is 12.7 Å². The second-order valence-electron chi connectivity index (χ2n) is 5.88. The summed E-state index contributed by atoms with van der Waals surface area (Å²) in [6.07, 6.45) is 0. The van der Waals surface area contributed by atoms with Crippen molar-refractivity contribution in [3.8, 4) is 5.75 Å². The summed E-state index contributed by atoms with van der Waals surface area (Å²) in [5.74, 6) is -0.442. The van der Waals surface area contributed by atoms with Crippen molar-refractivity contribution in [1.82, 2.24) is 4.98 Å². The zero-order valence-electron chi connectivity index (χ0n) is 15.6. The number of thiazole rings is 1. The van der Waals surface area contributed by atoms with E-state index in [0.29, 0.717) is 23.7 Å². The molecule has 29 heavy (non-hydrogen) atoms. The molecule has 3 aromatic rings. The molecule has 0 radical (unpaired) electrons. The molecule has 0 saturated carbocycles. The van der Waals surface area contributed by atoms with Gasteiger partial charge in [-0.3, -0.25) is 9.52 Å². The second-order valence-corrected chi connectivity index (χ2v) is 8.56. The van der Waals surface area contributed by atoms with Crippen LogP contribution in [0.1, 0.15) is 22.3 Å². The van der Waals surface area contributed by atoms with Crippen molar-refractivity contribution in [2.24, 2.45) is 0 Å². The van der Waals surface area contributed by atoms with Gasteiger partial charge >= 0.3 is 0 Å². The lowest BCUT2D eigenvalue weighted by Crippen LogP contribution is -2.13. The van der Waals surface area contributed by atoms with Crippen LogP contribution in [0.5, 0.6) is 5.75 Å². The van der Waals surface area contributed by atoms with Crippen LogP contribution in [0.25, 0.3) is 0 Å². The van der Waals surface area contributed by atoms with Gasteiger partial charge in [0.1, 0.15) is 16.4 Å². The van der Waals surface area contributed by atoms with Crippen molar-refractivity contribution in [2.45, 2.75) is 18.7 Å². The predicted molar refractivity (Wildman–Crippen MR) is 110 cm³/mol. The van der Waals surface area contributed by atoms with Crippen LogP contribution in [-0.2, 0) is 10.0 Å². The monoisotopic (exact) mass is 435 g/mol. The minimum atomic E-state index is -3.95. The topological polar surface area (TPSA) is 97.4 Å². The van der Waals surface area contributed by atoms with Gasteiger partial charge in [0, 0.05) is 0 Å². The highest BCUT2D eigenvalue weighted by Crippen LogP contribution is 2.28. The zero-order valence-corrected chi connectivity index (χ0v) is 17.2. The van der Waals surface area contributed by atoms with Gasteiger partial charge in [-0.15, -0.1) is 0 Å². The van der Waals surface area contributed by atoms with Crippen LogP contribution in [-0.4, -0.2) is 25.9 Å². The van der Waals surface area contributed by atoms with Gasteiger partial charge in [0.2, 0.25) is 0 Å². The van der Waals surface area contributed by atoms with Crippen LogP contribution in [0.3, 0.4) is 0 Å². The quantitative estimate of drug-likeness (QED) is 0.584. The maximum Gasteiger partial charge on any atom is 0.267 e. The van der Waals surface area contributed by atoms with E-state index in [0.717, 1.165) is 35.6 Å². The van der Waals surface area contributed by atoms with Crippen molar-refractivity contribution in [3.05, 3.63) is 64.9 Å². The molecule has 10 heteroatoms. The molecule has 0 spiro atoms. The Morgan fingerprint density at radius 3 is 2.55 bits per heavy atom. The number of para-hydroxylation sites is 2. The fourth-order valence-electron chi connectivity index (χ4n) is 2.47. The summed E-state index contributed by atoms with van der Waals surface area (Å²) in [5.41, 5.74) is 0.874. The molecule has 7 nitrogen and oxygen atoms in total. The maximum absolute atomic E-state index is 13.0. The van der Waals surface area contributed by atoms with Crippen molar-refractivity contribution in [2.75, 3.05) is 16.6 Å². The predicted octanol–water partition coefficient (Wildman–Crippen LogP) is 4.04. The number of amides is 1. The van der Waals surface area contributed by atoms with E-state index < -0.39 is 21.7 Å². The first-order valence-electron chi connectivity index (χ1n) is 8.59. The van der Waals surface area contributed by atoms with Gasteiger partial charge in [-0.1, -0.05) is 23.5 Å². The van der Waals surface area contributed by atoms with Crippen LogP contribution < -0.4 is 14.8 Å². The number of hydrogen-bond acceptors (Lipinski definition) is 6. The lowest BCUT2D eigenvalue weighted by molar-refractivity contribution is 0.102. The van der Waals surface area contributed by atoms with E-state index in [1.54, 1.807) is 31.2 Å². The SMILES string of the molecule is CCOc1ccccc1NC(=O)c1sc(NS(=O)(=O)c2ccc(F)cc2)nc1C. The van der Waals surface area contributed by atoms with Crippen molar-refractivity contribution < 1.29 is 22.3 Å². The van der Waals surface area contributed by atoms with E-state index in [1.807, 2.05) is 6.92 Å². The Bertz CT molecular complexity index is 1130. The summed E-state index contributed by atoms with van der Waals surface area (Å²) >= 11 is 0.902. The van der Waals surface area contributed by atoms with E-state index in [4.69, 9.17) is 4.74 Å². The number of aryl methyl sites for hydroxylation is 1. The Hall–Kier alpha value is -2.98. The van der Waals surface area contributed by atoms with Crippen LogP contribution in [0.15, 0.2) is 53.4 Å². The number of carbonyl (C=O) groups excluding carboxylic acids is 1. The van der Waals surface area contributed by atoms with E-state index in [2.05, 4.69) is 15.0 Å². The third kappa shape index (κ3) is 4.90. The Labute approximate surface area is 171 Å². The number of nitrogens with one attached hydrogen (secondary N) is 2. The normalized spacial score (nSPS) is 11.1. The Morgan fingerprint density at radius 2 is 1.86 bits per heavy atom. The van der Waals surface area contributed by atoms with Crippen LogP contribution in [0.4, 0.5) is 15.2 Å². The average Bonchev–Trinajstić information content (AvgIpc) is 3.03. The van der Waals surface area contributed by atoms with Gasteiger partial charge < -0.3 is 10.1 Å². The number of sulfonamides is 1. The molecule has 0 atom stereocenters. The molecule has 2 N–H and O–H groups in total. The number of rotatable bonds is 7. The minimum Gasteiger partial charge on any atom is -0.492 e. The maximum atomic E-state index is 13.0. The lowest BCUT2D eigenvalue weighted by Gasteiger charge is -2.10. The highest BCUT2D eigenvalue weighted by atomic mass is 32.2. The number of aromatic nitrogens is 1. The summed E-state index contributed by atoms with van der Waals surface area (Å²) in [7, 11) is -3.95. The lowest BCUT2D eigenvalue weighted by atomic mass is 10.2. The highest BCUT2D eigenvalue weighted by Gasteiger charge is 2.21. The number of halogens is 1. The fourth-order valence-corrected chi connectivity index (χ4v) is 4.57. The largest absolute Gasteiger partial charge is 0.492 e. The van der Waals surface area contributed by atoms with Gasteiger partial charge in [-0.2, -0.15) is 0 Å². The van der Waals surface area contributed by atoms with Gasteiger partial charge in [0.05, 0.1) is 22.9 Å². The molecule has 3 rings (SSSR count). The summed E-state index contributed by atoms with van der Waals surface area (Å²) in [5, 5.41) is 2.79. The number of nitrogens with zero attached hydrogens (tertiary/aromatic N) is 1. The smallest absolute Gasteiger partial charge is 0.267 e. The molecular formula is C19H18FN3O4S2. The van der Waals surface area contributed by atoms with Crippen LogP contribution >= 0.6 is 11.3 Å². The molecule has 1 aromatic heterocycles. The molecule has 0 unspecified atom stereocenters. The fraction of sp³-hybridized carbons (Fsp3) is 0.158. The van der Waals surface area contributed by atoms with Gasteiger partial charge in [-0.05, 0) is 50.2 Å². The molecule has 2 aromatic carbocycles. The van der Waals surface area contributed by atoms with E-state index >= 15 is 0 Å². The Morgan fingerprint density at radius 1 is 1.17 bits per heavy atom. The molecule has 1 amide bonds. The summed E-state index contributed by atoms with van der Waals surface area (Å²) < 4.78 is 45.7. The molecule has 152 valence electrons. The van der Waals surface area contributed by atoms with Gasteiger partial charge in [0.25, 0.3) is 15.9 Å². The van der Waals surface area contributed by atoms with E-state index in [1.165, 1.54) is 0 Å². The molecule has 0 fully saturated rings. The van der Waals surface area contributed by atoms with Gasteiger partial charge in [-0.25, -0.2) is 17.8 Å². The highest BCUT2D eigenvalue weighted by molar-refractivity contribution is 7.93. The first-order valence-corrected chi connectivity index (χ1v) is 10.9. The summed E-state index contributed by atoms with van der Waals surface area (Å²) in [6.45, 7) is 3.89. The second kappa shape index (κ2) is 8.58. The molecule has 0 saturated heterocycles. The Kier molecular flexibility index (Phi) is 6.14. The summed E-state index contributed by atoms with van der Waals surface area (Å²) in [6, 6.07) is 11.4. The van der Waals surface area contributed by atoms with Crippen molar-refractivity contribution >= 4 is 38.1 Å². The third-order valence-electron chi connectivity index (χ3n) is 3.78. The number of carbonyl (C=O) groups is 1. The van der Waals surface area contributed by atoms with Gasteiger partial charge in [0.15, 0.2) is 5.13 Å². The molecule has 0 aliphatic carbocycles. The molecule has 0 aliphatic heterocycles. The van der Waals surface area contributed by atoms with E-state index in [9.17, 15) is 17.6 Å². The molecule has 0 aliphatic rings. The molecule has 0 bridgehead atoms. The summed E-state index contributed by atoms with van der Waals surface area (Å²) in [4.78, 5) is 16.9. The first-order chi connectivity index (χ1) is 13.8. The van der Waals surface area contributed by atoms with E-state index in [-0.39, 0.29) is 14.9 Å². The number of ether oxygens (including phenoxy) is 1. The van der Waals surface area contributed by atoms with Crippen molar-refractivity contribution in [1.29, 1.82) is 0 Å². The van der Waals surface area contributed by atoms with Crippen LogP contribution in [0.2, 0.25) is 0 Å². The molecule has 1 heterocycles. The molecular weight excluding hydrogens is 417 g/mol. The Balaban J connectivity index is 1.80. The zero-order chi connectivity index (χ0) is 21.0. The average molecular weight is 436 g/mol.